The molecule has 2 aliphatic rings. The van der Waals surface area contributed by atoms with Crippen LogP contribution in [-0.4, -0.2) is 42.0 Å². The van der Waals surface area contributed by atoms with Crippen LogP contribution < -0.4 is 10.1 Å². The molecule has 0 unspecified atom stereocenters. The van der Waals surface area contributed by atoms with Crippen LogP contribution in [-0.2, 0) is 5.54 Å². The molecule has 5 nitrogen and oxygen atoms in total. The Morgan fingerprint density at radius 1 is 1.25 bits per heavy atom. The number of likely N-dealkylation sites (tertiary alicyclic amines) is 1. The minimum atomic E-state index is -0.421. The summed E-state index contributed by atoms with van der Waals surface area (Å²) in [5.74, 6) is 0.660. The Morgan fingerprint density at radius 2 is 2.11 bits per heavy atom. The number of fused-ring (bicyclic) bond motifs is 1. The lowest BCUT2D eigenvalue weighted by atomic mass is 9.95. The molecule has 36 heavy (non-hydrogen) atoms. The number of ether oxygens (including phenoxy) is 1. The third kappa shape index (κ3) is 4.27. The molecule has 1 saturated carbocycles. The SMILES string of the molecule is Cc1ccc(OC[C@@H]2CCN2C)cc1C(=O)NC1(c2cc(-c3sccc3Cl)cc3ncccc23)CC1. The number of likely N-dealkylation sites (N-methyl/N-ethyl adjacent to an activating group) is 1. The first-order valence-electron chi connectivity index (χ1n) is 12.3. The third-order valence-electron chi connectivity index (χ3n) is 7.55. The highest BCUT2D eigenvalue weighted by molar-refractivity contribution is 7.14. The van der Waals surface area contributed by atoms with E-state index in [1.807, 2.05) is 42.6 Å². The molecule has 7 heteroatoms. The first-order chi connectivity index (χ1) is 17.4. The first kappa shape index (κ1) is 23.5. The number of hydrogen-bond acceptors (Lipinski definition) is 5. The molecule has 3 heterocycles. The van der Waals surface area contributed by atoms with Crippen molar-refractivity contribution in [3.05, 3.63) is 81.8 Å². The Bertz CT molecular complexity index is 1460. The van der Waals surface area contributed by atoms with Crippen LogP contribution in [0.3, 0.4) is 0 Å². The number of aromatic nitrogens is 1. The predicted octanol–water partition coefficient (Wildman–Crippen LogP) is 6.43. The van der Waals surface area contributed by atoms with Crippen LogP contribution >= 0.6 is 22.9 Å². The van der Waals surface area contributed by atoms with Gasteiger partial charge >= 0.3 is 0 Å². The van der Waals surface area contributed by atoms with E-state index >= 15 is 0 Å². The number of thiophene rings is 1. The Balaban J connectivity index is 1.30. The predicted molar refractivity (Wildman–Crippen MR) is 146 cm³/mol. The highest BCUT2D eigenvalue weighted by Crippen LogP contribution is 2.50. The lowest BCUT2D eigenvalue weighted by Gasteiger charge is -2.37. The minimum Gasteiger partial charge on any atom is -0.492 e. The molecule has 6 rings (SSSR count). The van der Waals surface area contributed by atoms with Gasteiger partial charge in [0.2, 0.25) is 0 Å². The summed E-state index contributed by atoms with van der Waals surface area (Å²) in [7, 11) is 2.11. The van der Waals surface area contributed by atoms with Crippen LogP contribution in [0.4, 0.5) is 0 Å². The second-order valence-corrected chi connectivity index (χ2v) is 11.3. The standard InChI is InChI=1S/C29H28ClN3O2S/c1-18-5-6-21(35-17-20-7-12-33(20)2)16-23(18)28(34)32-29(9-10-29)24-14-19(27-25(30)8-13-36-27)15-26-22(24)4-3-11-31-26/h3-6,8,11,13-16,20H,7,9-10,12,17H2,1-2H3,(H,32,34)/t20-/m0/s1. The number of nitrogens with one attached hydrogen (secondary N) is 1. The van der Waals surface area contributed by atoms with Gasteiger partial charge in [0.05, 0.1) is 21.0 Å². The molecule has 1 aliphatic heterocycles. The summed E-state index contributed by atoms with van der Waals surface area (Å²) in [6, 6.07) is 16.4. The number of amides is 1. The van der Waals surface area contributed by atoms with Crippen molar-refractivity contribution >= 4 is 39.7 Å². The number of hydrogen-bond donors (Lipinski definition) is 1. The fourth-order valence-electron chi connectivity index (χ4n) is 4.99. The van der Waals surface area contributed by atoms with Gasteiger partial charge in [-0.2, -0.15) is 0 Å². The third-order valence-corrected chi connectivity index (χ3v) is 8.94. The fourth-order valence-corrected chi connectivity index (χ4v) is 6.14. The molecular formula is C29H28ClN3O2S. The number of benzene rings is 2. The Labute approximate surface area is 220 Å². The number of halogens is 1. The van der Waals surface area contributed by atoms with Gasteiger partial charge in [0, 0.05) is 23.2 Å². The van der Waals surface area contributed by atoms with E-state index in [0.717, 1.165) is 69.0 Å². The van der Waals surface area contributed by atoms with E-state index in [0.29, 0.717) is 18.2 Å². The van der Waals surface area contributed by atoms with Gasteiger partial charge in [-0.25, -0.2) is 0 Å². The maximum absolute atomic E-state index is 13.6. The van der Waals surface area contributed by atoms with Gasteiger partial charge in [-0.1, -0.05) is 23.7 Å². The lowest BCUT2D eigenvalue weighted by Crippen LogP contribution is -2.48. The van der Waals surface area contributed by atoms with Gasteiger partial charge in [-0.15, -0.1) is 11.3 Å². The van der Waals surface area contributed by atoms with Crippen molar-refractivity contribution in [1.82, 2.24) is 15.2 Å². The number of pyridine rings is 1. The van der Waals surface area contributed by atoms with E-state index in [4.69, 9.17) is 16.3 Å². The number of rotatable bonds is 7. The van der Waals surface area contributed by atoms with Crippen molar-refractivity contribution in [2.24, 2.45) is 0 Å². The molecule has 0 spiro atoms. The Kier molecular flexibility index (Phi) is 5.98. The molecule has 1 N–H and O–H groups in total. The fraction of sp³-hybridized carbons (Fsp3) is 0.310. The summed E-state index contributed by atoms with van der Waals surface area (Å²) in [5.41, 5.74) is 4.20. The van der Waals surface area contributed by atoms with Crippen LogP contribution in [0.5, 0.6) is 5.75 Å². The van der Waals surface area contributed by atoms with Crippen LogP contribution in [0.25, 0.3) is 21.3 Å². The Morgan fingerprint density at radius 3 is 2.81 bits per heavy atom. The molecular weight excluding hydrogens is 490 g/mol. The van der Waals surface area contributed by atoms with E-state index in [1.54, 1.807) is 17.5 Å². The van der Waals surface area contributed by atoms with Crippen LogP contribution in [0.2, 0.25) is 5.02 Å². The van der Waals surface area contributed by atoms with E-state index in [2.05, 4.69) is 40.4 Å². The van der Waals surface area contributed by atoms with E-state index < -0.39 is 5.54 Å². The average Bonchev–Trinajstić information content (AvgIpc) is 3.53. The largest absolute Gasteiger partial charge is 0.492 e. The molecule has 1 atom stereocenters. The number of aryl methyl sites for hydroxylation is 1. The zero-order valence-corrected chi connectivity index (χ0v) is 22.0. The number of carbonyl (C=O) groups excluding carboxylic acids is 1. The average molecular weight is 518 g/mol. The van der Waals surface area contributed by atoms with E-state index in [9.17, 15) is 4.79 Å². The normalized spacial score (nSPS) is 18.6. The zero-order chi connectivity index (χ0) is 24.9. The summed E-state index contributed by atoms with van der Waals surface area (Å²) in [5, 5.41) is 7.17. The van der Waals surface area contributed by atoms with Gasteiger partial charge in [-0.05, 0) is 98.2 Å². The van der Waals surface area contributed by atoms with Gasteiger partial charge < -0.3 is 10.1 Å². The molecule has 1 amide bonds. The van der Waals surface area contributed by atoms with Crippen molar-refractivity contribution in [3.63, 3.8) is 0 Å². The second-order valence-electron chi connectivity index (χ2n) is 9.94. The van der Waals surface area contributed by atoms with Crippen molar-refractivity contribution in [2.45, 2.75) is 37.8 Å². The molecule has 184 valence electrons. The van der Waals surface area contributed by atoms with Crippen LogP contribution in [0.1, 0.15) is 40.7 Å². The molecule has 4 aromatic rings. The van der Waals surface area contributed by atoms with Crippen molar-refractivity contribution in [1.29, 1.82) is 0 Å². The highest BCUT2D eigenvalue weighted by Gasteiger charge is 2.47. The minimum absolute atomic E-state index is 0.0761. The van der Waals surface area contributed by atoms with E-state index in [1.165, 1.54) is 0 Å². The molecule has 0 radical (unpaired) electrons. The maximum Gasteiger partial charge on any atom is 0.252 e. The van der Waals surface area contributed by atoms with Gasteiger partial charge in [0.25, 0.3) is 5.91 Å². The summed E-state index contributed by atoms with van der Waals surface area (Å²) in [6.45, 7) is 3.72. The molecule has 2 aromatic heterocycles. The highest BCUT2D eigenvalue weighted by atomic mass is 35.5. The molecule has 1 aliphatic carbocycles. The quantitative estimate of drug-likeness (QED) is 0.307. The second kappa shape index (κ2) is 9.18. The monoisotopic (exact) mass is 517 g/mol. The summed E-state index contributed by atoms with van der Waals surface area (Å²) >= 11 is 8.09. The number of nitrogens with zero attached hydrogens (tertiary/aromatic N) is 2. The van der Waals surface area contributed by atoms with Crippen molar-refractivity contribution < 1.29 is 9.53 Å². The van der Waals surface area contributed by atoms with Gasteiger partial charge in [-0.3, -0.25) is 14.7 Å². The lowest BCUT2D eigenvalue weighted by molar-refractivity contribution is 0.0767. The molecule has 2 aromatic carbocycles. The van der Waals surface area contributed by atoms with Crippen LogP contribution in [0.15, 0.2) is 60.1 Å². The smallest absolute Gasteiger partial charge is 0.252 e. The van der Waals surface area contributed by atoms with E-state index in [-0.39, 0.29) is 5.91 Å². The van der Waals surface area contributed by atoms with Gasteiger partial charge in [0.1, 0.15) is 12.4 Å². The topological polar surface area (TPSA) is 54.5 Å². The molecule has 2 fully saturated rings. The summed E-state index contributed by atoms with van der Waals surface area (Å²) in [6.07, 6.45) is 4.72. The molecule has 0 bridgehead atoms. The van der Waals surface area contributed by atoms with Crippen molar-refractivity contribution in [3.8, 4) is 16.2 Å². The summed E-state index contributed by atoms with van der Waals surface area (Å²) in [4.78, 5) is 21.5. The summed E-state index contributed by atoms with van der Waals surface area (Å²) < 4.78 is 6.04. The van der Waals surface area contributed by atoms with Gasteiger partial charge in [0.15, 0.2) is 0 Å². The molecule has 1 saturated heterocycles. The number of carbonyl (C=O) groups is 1. The van der Waals surface area contributed by atoms with Crippen LogP contribution in [0, 0.1) is 6.92 Å². The zero-order valence-electron chi connectivity index (χ0n) is 20.4. The first-order valence-corrected chi connectivity index (χ1v) is 13.6. The Hall–Kier alpha value is -2.93. The maximum atomic E-state index is 13.6. The van der Waals surface area contributed by atoms with Crippen molar-refractivity contribution in [2.75, 3.05) is 20.2 Å².